The molecule has 1 atom stereocenters. The van der Waals surface area contributed by atoms with Gasteiger partial charge in [-0.05, 0) is 33.1 Å². The second-order valence-corrected chi connectivity index (χ2v) is 13.5. The number of aromatic nitrogens is 3. The highest BCUT2D eigenvalue weighted by Crippen LogP contribution is 2.16. The molecule has 6 nitrogen and oxygen atoms in total. The van der Waals surface area contributed by atoms with Gasteiger partial charge >= 0.3 is 6.09 Å². The summed E-state index contributed by atoms with van der Waals surface area (Å²) in [5.41, 5.74) is 3.59. The average molecular weight is 365 g/mol. The second kappa shape index (κ2) is 8.52. The van der Waals surface area contributed by atoms with Crippen LogP contribution >= 0.6 is 0 Å². The molecule has 0 aliphatic rings. The van der Waals surface area contributed by atoms with Crippen molar-refractivity contribution in [3.8, 4) is 11.5 Å². The number of carbonyl (C=O) groups excluding carboxylic acids is 1. The molecular formula is C18H32N4O2Si. The molecule has 0 radical (unpaired) electrons. The fourth-order valence-corrected chi connectivity index (χ4v) is 2.60. The van der Waals surface area contributed by atoms with Crippen LogP contribution in [0.2, 0.25) is 19.6 Å². The Morgan fingerprint density at radius 3 is 2.52 bits per heavy atom. The first-order valence-corrected chi connectivity index (χ1v) is 12.3. The van der Waals surface area contributed by atoms with Crippen LogP contribution in [-0.2, 0) is 11.3 Å². The van der Waals surface area contributed by atoms with Gasteiger partial charge in [0.15, 0.2) is 0 Å². The first-order chi connectivity index (χ1) is 11.4. The Bertz CT molecular complexity index is 630. The van der Waals surface area contributed by atoms with Crippen LogP contribution in [0.5, 0.6) is 0 Å². The molecule has 1 amide bonds. The summed E-state index contributed by atoms with van der Waals surface area (Å²) in [7, 11) is -1.45. The molecule has 1 N–H and O–H groups in total. The van der Waals surface area contributed by atoms with Gasteiger partial charge in [-0.1, -0.05) is 44.6 Å². The van der Waals surface area contributed by atoms with Gasteiger partial charge in [0.1, 0.15) is 25.4 Å². The van der Waals surface area contributed by atoms with Crippen LogP contribution in [0.3, 0.4) is 0 Å². The molecule has 1 rings (SSSR count). The molecule has 0 bridgehead atoms. The van der Waals surface area contributed by atoms with E-state index in [-0.39, 0.29) is 12.6 Å². The SMILES string of the molecule is CC(C)CC(C#C[Si](C)(C)C)n1cc(CNC(=O)OC(C)(C)C)nn1. The first kappa shape index (κ1) is 21.2. The molecule has 0 fully saturated rings. The zero-order valence-corrected chi connectivity index (χ0v) is 17.8. The Balaban J connectivity index is 2.77. The zero-order valence-electron chi connectivity index (χ0n) is 16.8. The normalized spacial score (nSPS) is 13.2. The highest BCUT2D eigenvalue weighted by Gasteiger charge is 2.17. The van der Waals surface area contributed by atoms with Gasteiger partial charge < -0.3 is 10.1 Å². The Kier molecular flexibility index (Phi) is 7.24. The van der Waals surface area contributed by atoms with E-state index < -0.39 is 19.8 Å². The van der Waals surface area contributed by atoms with Gasteiger partial charge in [-0.25, -0.2) is 9.48 Å². The summed E-state index contributed by atoms with van der Waals surface area (Å²) in [5, 5.41) is 11.1. The summed E-state index contributed by atoms with van der Waals surface area (Å²) < 4.78 is 7.02. The molecular weight excluding hydrogens is 332 g/mol. The molecule has 1 aromatic rings. The third-order valence-corrected chi connectivity index (χ3v) is 3.89. The number of hydrogen-bond donors (Lipinski definition) is 1. The number of amides is 1. The Morgan fingerprint density at radius 2 is 2.00 bits per heavy atom. The summed E-state index contributed by atoms with van der Waals surface area (Å²) in [6.45, 7) is 16.8. The summed E-state index contributed by atoms with van der Waals surface area (Å²) in [4.78, 5) is 11.7. The molecule has 140 valence electrons. The van der Waals surface area contributed by atoms with Crippen LogP contribution in [0.15, 0.2) is 6.20 Å². The van der Waals surface area contributed by atoms with Crippen molar-refractivity contribution in [2.75, 3.05) is 0 Å². The number of ether oxygens (including phenoxy) is 1. The fourth-order valence-electron chi connectivity index (χ4n) is 2.00. The fraction of sp³-hybridized carbons (Fsp3) is 0.722. The number of nitrogens with one attached hydrogen (secondary N) is 1. The lowest BCUT2D eigenvalue weighted by Crippen LogP contribution is -2.32. The minimum atomic E-state index is -1.45. The third-order valence-electron chi connectivity index (χ3n) is 3.00. The molecule has 1 heterocycles. The summed E-state index contributed by atoms with van der Waals surface area (Å²) in [5.74, 6) is 3.88. The molecule has 25 heavy (non-hydrogen) atoms. The van der Waals surface area contributed by atoms with Crippen molar-refractivity contribution in [1.29, 1.82) is 0 Å². The summed E-state index contributed by atoms with van der Waals surface area (Å²) in [6.07, 6.45) is 2.31. The van der Waals surface area contributed by atoms with Crippen molar-refractivity contribution >= 4 is 14.2 Å². The molecule has 0 aromatic carbocycles. The van der Waals surface area contributed by atoms with E-state index in [2.05, 4.69) is 60.6 Å². The van der Waals surface area contributed by atoms with Gasteiger partial charge in [0, 0.05) is 0 Å². The summed E-state index contributed by atoms with van der Waals surface area (Å²) in [6, 6.07) is 0.00880. The lowest BCUT2D eigenvalue weighted by atomic mass is 10.0. The van der Waals surface area contributed by atoms with Crippen molar-refractivity contribution < 1.29 is 9.53 Å². The summed E-state index contributed by atoms with van der Waals surface area (Å²) >= 11 is 0. The van der Waals surface area contributed by atoms with Crippen LogP contribution in [0.1, 0.15) is 52.8 Å². The minimum Gasteiger partial charge on any atom is -0.444 e. The van der Waals surface area contributed by atoms with Gasteiger partial charge in [0.05, 0.1) is 12.7 Å². The number of hydrogen-bond acceptors (Lipinski definition) is 4. The van der Waals surface area contributed by atoms with Crippen molar-refractivity contribution in [3.05, 3.63) is 11.9 Å². The minimum absolute atomic E-state index is 0.00880. The van der Waals surface area contributed by atoms with Crippen LogP contribution < -0.4 is 5.32 Å². The number of alkyl carbamates (subject to hydrolysis) is 1. The predicted molar refractivity (Wildman–Crippen MR) is 103 cm³/mol. The Morgan fingerprint density at radius 1 is 1.36 bits per heavy atom. The lowest BCUT2D eigenvalue weighted by molar-refractivity contribution is 0.0523. The van der Waals surface area contributed by atoms with Crippen molar-refractivity contribution in [2.24, 2.45) is 5.92 Å². The number of carbonyl (C=O) groups is 1. The van der Waals surface area contributed by atoms with E-state index >= 15 is 0 Å². The zero-order chi connectivity index (χ0) is 19.3. The molecule has 0 aliphatic heterocycles. The maximum atomic E-state index is 11.7. The van der Waals surface area contributed by atoms with E-state index in [0.717, 1.165) is 6.42 Å². The maximum Gasteiger partial charge on any atom is 0.407 e. The largest absolute Gasteiger partial charge is 0.444 e. The van der Waals surface area contributed by atoms with E-state index in [1.165, 1.54) is 0 Å². The van der Waals surface area contributed by atoms with Crippen LogP contribution in [-0.4, -0.2) is 34.8 Å². The third kappa shape index (κ3) is 9.30. The van der Waals surface area contributed by atoms with Gasteiger partial charge in [-0.3, -0.25) is 0 Å². The number of nitrogens with zero attached hydrogens (tertiary/aromatic N) is 3. The van der Waals surface area contributed by atoms with E-state index in [1.54, 1.807) is 4.68 Å². The Labute approximate surface area is 152 Å². The van der Waals surface area contributed by atoms with Crippen LogP contribution in [0.25, 0.3) is 0 Å². The molecule has 0 aliphatic carbocycles. The van der Waals surface area contributed by atoms with Crippen LogP contribution in [0, 0.1) is 17.4 Å². The van der Waals surface area contributed by atoms with Gasteiger partial charge in [-0.2, -0.15) is 0 Å². The second-order valence-electron chi connectivity index (χ2n) is 8.71. The quantitative estimate of drug-likeness (QED) is 0.638. The highest BCUT2D eigenvalue weighted by molar-refractivity contribution is 6.83. The number of rotatable bonds is 5. The van der Waals surface area contributed by atoms with E-state index in [1.807, 2.05) is 27.0 Å². The predicted octanol–water partition coefficient (Wildman–Crippen LogP) is 3.77. The van der Waals surface area contributed by atoms with Gasteiger partial charge in [0.2, 0.25) is 0 Å². The first-order valence-electron chi connectivity index (χ1n) is 8.76. The Hall–Kier alpha value is -1.81. The van der Waals surface area contributed by atoms with E-state index in [4.69, 9.17) is 4.74 Å². The van der Waals surface area contributed by atoms with Gasteiger partial charge in [-0.15, -0.1) is 10.6 Å². The molecule has 1 aromatic heterocycles. The molecule has 7 heteroatoms. The molecule has 1 unspecified atom stereocenters. The van der Waals surface area contributed by atoms with E-state index in [0.29, 0.717) is 11.6 Å². The molecule has 0 saturated carbocycles. The molecule has 0 saturated heterocycles. The maximum absolute atomic E-state index is 11.7. The van der Waals surface area contributed by atoms with Gasteiger partial charge in [0.25, 0.3) is 0 Å². The van der Waals surface area contributed by atoms with Crippen molar-refractivity contribution in [1.82, 2.24) is 20.3 Å². The lowest BCUT2D eigenvalue weighted by Gasteiger charge is -2.19. The topological polar surface area (TPSA) is 69.0 Å². The standard InChI is InChI=1S/C18H32N4O2Si/c1-14(2)11-16(9-10-25(6,7)8)22-13-15(20-21-22)12-19-17(23)24-18(3,4)5/h13-14,16H,11-12H2,1-8H3,(H,19,23). The van der Waals surface area contributed by atoms with Crippen LogP contribution in [0.4, 0.5) is 4.79 Å². The monoisotopic (exact) mass is 364 g/mol. The van der Waals surface area contributed by atoms with Crippen molar-refractivity contribution in [2.45, 2.75) is 78.9 Å². The molecule has 0 spiro atoms. The van der Waals surface area contributed by atoms with E-state index in [9.17, 15) is 4.79 Å². The smallest absolute Gasteiger partial charge is 0.407 e. The average Bonchev–Trinajstić information content (AvgIpc) is 2.86. The highest BCUT2D eigenvalue weighted by atomic mass is 28.3. The van der Waals surface area contributed by atoms with Crippen molar-refractivity contribution in [3.63, 3.8) is 0 Å².